The standard InChI is InChI=1S/C18H23FN4O4S/c1-2-8-22(14-7-9-28(26,27)11-14)18(25)15-10-16(17(20)24)23(21-15)13-5-3-12(19)4-6-13/h3-6,14,16H,2,7-11H2,1H3,(H2,20,24). The zero-order chi connectivity index (χ0) is 20.5. The van der Waals surface area contributed by atoms with E-state index in [4.69, 9.17) is 5.73 Å². The van der Waals surface area contributed by atoms with Crippen molar-refractivity contribution in [3.63, 3.8) is 0 Å². The molecule has 2 heterocycles. The molecular formula is C18H23FN4O4S. The minimum atomic E-state index is -3.15. The Morgan fingerprint density at radius 2 is 2.00 bits per heavy atom. The fraction of sp³-hybridized carbons (Fsp3) is 0.500. The Hall–Kier alpha value is -2.49. The maximum Gasteiger partial charge on any atom is 0.270 e. The number of hydrogen-bond donors (Lipinski definition) is 1. The van der Waals surface area contributed by atoms with Crippen molar-refractivity contribution in [3.05, 3.63) is 30.1 Å². The molecule has 3 rings (SSSR count). The molecule has 8 nitrogen and oxygen atoms in total. The first-order chi connectivity index (χ1) is 13.2. The number of amides is 2. The van der Waals surface area contributed by atoms with Crippen LogP contribution in [0.4, 0.5) is 10.1 Å². The summed E-state index contributed by atoms with van der Waals surface area (Å²) in [5.74, 6) is -1.48. The molecule has 1 fully saturated rings. The lowest BCUT2D eigenvalue weighted by atomic mass is 10.1. The van der Waals surface area contributed by atoms with E-state index in [1.807, 2.05) is 6.92 Å². The van der Waals surface area contributed by atoms with Crippen LogP contribution >= 0.6 is 0 Å². The molecule has 1 saturated heterocycles. The second-order valence-corrected chi connectivity index (χ2v) is 9.27. The average Bonchev–Trinajstić information content (AvgIpc) is 3.23. The maximum absolute atomic E-state index is 13.2. The number of sulfone groups is 1. The van der Waals surface area contributed by atoms with Crippen molar-refractivity contribution < 1.29 is 22.4 Å². The van der Waals surface area contributed by atoms with Gasteiger partial charge in [0.1, 0.15) is 17.6 Å². The molecule has 28 heavy (non-hydrogen) atoms. The van der Waals surface area contributed by atoms with Crippen molar-refractivity contribution in [2.45, 2.75) is 38.3 Å². The molecule has 2 aliphatic rings. The zero-order valence-corrected chi connectivity index (χ0v) is 16.4. The van der Waals surface area contributed by atoms with Crippen molar-refractivity contribution in [3.8, 4) is 0 Å². The molecule has 0 aromatic heterocycles. The Morgan fingerprint density at radius 1 is 1.32 bits per heavy atom. The molecule has 10 heteroatoms. The number of hydrogen-bond acceptors (Lipinski definition) is 6. The van der Waals surface area contributed by atoms with Crippen LogP contribution in [-0.2, 0) is 19.4 Å². The maximum atomic E-state index is 13.2. The van der Waals surface area contributed by atoms with Gasteiger partial charge in [-0.3, -0.25) is 14.6 Å². The minimum Gasteiger partial charge on any atom is -0.368 e. The van der Waals surface area contributed by atoms with Crippen LogP contribution in [0.2, 0.25) is 0 Å². The number of primary amides is 1. The summed E-state index contributed by atoms with van der Waals surface area (Å²) < 4.78 is 36.9. The van der Waals surface area contributed by atoms with Crippen molar-refractivity contribution >= 4 is 33.1 Å². The summed E-state index contributed by atoms with van der Waals surface area (Å²) in [6.07, 6.45) is 1.07. The summed E-state index contributed by atoms with van der Waals surface area (Å²) in [5.41, 5.74) is 6.07. The van der Waals surface area contributed by atoms with Gasteiger partial charge in [-0.1, -0.05) is 6.92 Å². The number of nitrogens with zero attached hydrogens (tertiary/aromatic N) is 3. The van der Waals surface area contributed by atoms with E-state index in [-0.39, 0.29) is 29.5 Å². The lowest BCUT2D eigenvalue weighted by molar-refractivity contribution is -0.126. The normalized spacial score (nSPS) is 23.5. The summed E-state index contributed by atoms with van der Waals surface area (Å²) in [7, 11) is -3.15. The molecule has 0 saturated carbocycles. The largest absolute Gasteiger partial charge is 0.368 e. The van der Waals surface area contributed by atoms with Gasteiger partial charge in [-0.05, 0) is 37.1 Å². The molecule has 2 unspecified atom stereocenters. The van der Waals surface area contributed by atoms with E-state index in [0.717, 1.165) is 0 Å². The van der Waals surface area contributed by atoms with Crippen LogP contribution in [0.25, 0.3) is 0 Å². The molecular weight excluding hydrogens is 387 g/mol. The first kappa shape index (κ1) is 20.2. The highest BCUT2D eigenvalue weighted by atomic mass is 32.2. The monoisotopic (exact) mass is 410 g/mol. The fourth-order valence-corrected chi connectivity index (χ4v) is 5.30. The van der Waals surface area contributed by atoms with E-state index >= 15 is 0 Å². The van der Waals surface area contributed by atoms with E-state index in [2.05, 4.69) is 5.10 Å². The average molecular weight is 410 g/mol. The molecule has 2 aliphatic heterocycles. The number of nitrogens with two attached hydrogens (primary N) is 1. The second-order valence-electron chi connectivity index (χ2n) is 7.05. The SMILES string of the molecule is CCCN(C(=O)C1=NN(c2ccc(F)cc2)C(C(N)=O)C1)C1CCS(=O)(=O)C1. The number of carbonyl (C=O) groups is 2. The van der Waals surface area contributed by atoms with Crippen LogP contribution < -0.4 is 10.7 Å². The van der Waals surface area contributed by atoms with E-state index in [0.29, 0.717) is 25.1 Å². The minimum absolute atomic E-state index is 0.0191. The van der Waals surface area contributed by atoms with Gasteiger partial charge in [-0.15, -0.1) is 0 Å². The van der Waals surface area contributed by atoms with Gasteiger partial charge in [0.05, 0.1) is 17.2 Å². The van der Waals surface area contributed by atoms with Crippen molar-refractivity contribution in [2.75, 3.05) is 23.1 Å². The summed E-state index contributed by atoms with van der Waals surface area (Å²) in [6.45, 7) is 2.30. The van der Waals surface area contributed by atoms with E-state index in [9.17, 15) is 22.4 Å². The van der Waals surface area contributed by atoms with Crippen molar-refractivity contribution in [2.24, 2.45) is 10.8 Å². The Morgan fingerprint density at radius 3 is 2.54 bits per heavy atom. The zero-order valence-electron chi connectivity index (χ0n) is 15.5. The molecule has 2 N–H and O–H groups in total. The van der Waals surface area contributed by atoms with Gasteiger partial charge in [-0.2, -0.15) is 5.10 Å². The predicted molar refractivity (Wildman–Crippen MR) is 103 cm³/mol. The van der Waals surface area contributed by atoms with Gasteiger partial charge < -0.3 is 10.6 Å². The molecule has 2 atom stereocenters. The lowest BCUT2D eigenvalue weighted by Gasteiger charge is -2.27. The van der Waals surface area contributed by atoms with Crippen LogP contribution in [0.5, 0.6) is 0 Å². The van der Waals surface area contributed by atoms with Crippen LogP contribution in [0.3, 0.4) is 0 Å². The van der Waals surface area contributed by atoms with Crippen LogP contribution in [0.15, 0.2) is 29.4 Å². The van der Waals surface area contributed by atoms with Crippen molar-refractivity contribution in [1.29, 1.82) is 0 Å². The number of rotatable bonds is 6. The molecule has 2 amide bonds. The third kappa shape index (κ3) is 4.16. The number of anilines is 1. The second kappa shape index (κ2) is 7.86. The number of carbonyl (C=O) groups excluding carboxylic acids is 2. The smallest absolute Gasteiger partial charge is 0.270 e. The van der Waals surface area contributed by atoms with Crippen LogP contribution in [-0.4, -0.2) is 61.0 Å². The van der Waals surface area contributed by atoms with E-state index in [1.54, 1.807) is 0 Å². The third-order valence-electron chi connectivity index (χ3n) is 4.95. The summed E-state index contributed by atoms with van der Waals surface area (Å²) in [6, 6.07) is 4.11. The summed E-state index contributed by atoms with van der Waals surface area (Å²) >= 11 is 0. The molecule has 0 aliphatic carbocycles. The Balaban J connectivity index is 1.87. The quantitative estimate of drug-likeness (QED) is 0.741. The van der Waals surface area contributed by atoms with Gasteiger partial charge in [0.15, 0.2) is 9.84 Å². The van der Waals surface area contributed by atoms with Gasteiger partial charge in [0.25, 0.3) is 5.91 Å². The fourth-order valence-electron chi connectivity index (χ4n) is 3.57. The Bertz CT molecular complexity index is 901. The molecule has 0 radical (unpaired) electrons. The highest BCUT2D eigenvalue weighted by Crippen LogP contribution is 2.27. The topological polar surface area (TPSA) is 113 Å². The number of benzene rings is 1. The first-order valence-corrected chi connectivity index (χ1v) is 11.0. The first-order valence-electron chi connectivity index (χ1n) is 9.15. The van der Waals surface area contributed by atoms with E-state index < -0.39 is 33.6 Å². The number of halogens is 1. The van der Waals surface area contributed by atoms with Gasteiger partial charge in [0.2, 0.25) is 5.91 Å². The Kier molecular flexibility index (Phi) is 5.69. The van der Waals surface area contributed by atoms with Gasteiger partial charge in [0, 0.05) is 19.0 Å². The molecule has 1 aromatic carbocycles. The molecule has 0 spiro atoms. The molecule has 152 valence electrons. The Labute approximate surface area is 163 Å². The number of hydrazone groups is 1. The lowest BCUT2D eigenvalue weighted by Crippen LogP contribution is -2.45. The van der Waals surface area contributed by atoms with Gasteiger partial charge >= 0.3 is 0 Å². The molecule has 1 aromatic rings. The van der Waals surface area contributed by atoms with Gasteiger partial charge in [-0.25, -0.2) is 12.8 Å². The van der Waals surface area contributed by atoms with E-state index in [1.165, 1.54) is 34.2 Å². The summed E-state index contributed by atoms with van der Waals surface area (Å²) in [5, 5.41) is 5.61. The highest BCUT2D eigenvalue weighted by Gasteiger charge is 2.40. The van der Waals surface area contributed by atoms with Crippen LogP contribution in [0.1, 0.15) is 26.2 Å². The molecule has 0 bridgehead atoms. The van der Waals surface area contributed by atoms with Crippen molar-refractivity contribution in [1.82, 2.24) is 4.90 Å². The van der Waals surface area contributed by atoms with Crippen LogP contribution in [0, 0.1) is 5.82 Å². The predicted octanol–water partition coefficient (Wildman–Crippen LogP) is 0.671. The third-order valence-corrected chi connectivity index (χ3v) is 6.70. The summed E-state index contributed by atoms with van der Waals surface area (Å²) in [4.78, 5) is 26.5. The highest BCUT2D eigenvalue weighted by molar-refractivity contribution is 7.91.